The van der Waals surface area contributed by atoms with Crippen LogP contribution in [0.4, 0.5) is 0 Å². The standard InChI is InChI=1S/C35H37BN/c1-24(2)29-19-13-20-30(25(3)4)34(29)33-23-36(26(5)37(33)6)35-31(27-15-9-7-10-16-27)21-14-22-32(35)28-17-11-8-12-18-28/h7-25H,1-6H3/q+1. The molecule has 0 atom stereocenters. The molecule has 0 saturated carbocycles. The van der Waals surface area contributed by atoms with Gasteiger partial charge in [-0.05, 0) is 56.7 Å². The summed E-state index contributed by atoms with van der Waals surface area (Å²) in [6.45, 7) is 11.7. The van der Waals surface area contributed by atoms with Gasteiger partial charge in [0.1, 0.15) is 12.7 Å². The molecule has 37 heavy (non-hydrogen) atoms. The summed E-state index contributed by atoms with van der Waals surface area (Å²) in [5.41, 5.74) is 13.5. The Morgan fingerprint density at radius 2 is 1.05 bits per heavy atom. The van der Waals surface area contributed by atoms with E-state index < -0.39 is 0 Å². The van der Waals surface area contributed by atoms with Gasteiger partial charge in [-0.25, -0.2) is 4.58 Å². The summed E-state index contributed by atoms with van der Waals surface area (Å²) in [4.78, 5) is 0. The number of rotatable bonds is 6. The zero-order valence-corrected chi connectivity index (χ0v) is 23.0. The number of hydrogen-bond donors (Lipinski definition) is 0. The molecular formula is C35H37BN+. The maximum Gasteiger partial charge on any atom is 0.319 e. The summed E-state index contributed by atoms with van der Waals surface area (Å²) >= 11 is 0. The van der Waals surface area contributed by atoms with Crippen molar-refractivity contribution >= 4 is 23.5 Å². The van der Waals surface area contributed by atoms with Crippen LogP contribution in [0, 0.1) is 0 Å². The van der Waals surface area contributed by atoms with E-state index in [9.17, 15) is 0 Å². The van der Waals surface area contributed by atoms with Crippen LogP contribution in [0.25, 0.3) is 28.0 Å². The molecule has 0 unspecified atom stereocenters. The van der Waals surface area contributed by atoms with E-state index >= 15 is 0 Å². The molecule has 0 bridgehead atoms. The van der Waals surface area contributed by atoms with Gasteiger partial charge in [-0.1, -0.05) is 125 Å². The molecule has 4 aromatic rings. The first-order valence-electron chi connectivity index (χ1n) is 13.5. The van der Waals surface area contributed by atoms with Crippen molar-refractivity contribution in [3.8, 4) is 22.3 Å². The average molecular weight is 483 g/mol. The van der Waals surface area contributed by atoms with Crippen molar-refractivity contribution in [1.82, 2.24) is 0 Å². The van der Waals surface area contributed by atoms with Gasteiger partial charge in [-0.15, -0.1) is 0 Å². The van der Waals surface area contributed by atoms with Gasteiger partial charge in [0, 0.05) is 6.92 Å². The first-order chi connectivity index (χ1) is 17.9. The summed E-state index contributed by atoms with van der Waals surface area (Å²) < 4.78 is 2.44. The van der Waals surface area contributed by atoms with E-state index in [4.69, 9.17) is 0 Å². The molecule has 0 amide bonds. The average Bonchev–Trinajstić information content (AvgIpc) is 3.22. The fourth-order valence-electron chi connectivity index (χ4n) is 5.82. The molecule has 0 radical (unpaired) electrons. The number of hydrogen-bond acceptors (Lipinski definition) is 0. The molecule has 0 fully saturated rings. The Balaban J connectivity index is 1.79. The van der Waals surface area contributed by atoms with Gasteiger partial charge in [0.15, 0.2) is 5.70 Å². The molecule has 1 nitrogen and oxygen atoms in total. The van der Waals surface area contributed by atoms with Crippen molar-refractivity contribution in [2.24, 2.45) is 0 Å². The highest BCUT2D eigenvalue weighted by atomic mass is 15.0. The molecule has 4 aromatic carbocycles. The van der Waals surface area contributed by atoms with Crippen LogP contribution in [0.15, 0.2) is 103 Å². The Morgan fingerprint density at radius 1 is 0.595 bits per heavy atom. The number of nitrogens with zero attached hydrogens (tertiary/aromatic N) is 1. The van der Waals surface area contributed by atoms with Gasteiger partial charge in [-0.3, -0.25) is 0 Å². The van der Waals surface area contributed by atoms with E-state index in [-0.39, 0.29) is 6.71 Å². The zero-order chi connectivity index (χ0) is 26.1. The van der Waals surface area contributed by atoms with Crippen molar-refractivity contribution in [2.75, 3.05) is 7.05 Å². The van der Waals surface area contributed by atoms with Crippen LogP contribution in [-0.4, -0.2) is 23.9 Å². The van der Waals surface area contributed by atoms with Crippen molar-refractivity contribution in [1.29, 1.82) is 0 Å². The highest BCUT2D eigenvalue weighted by Crippen LogP contribution is 2.36. The van der Waals surface area contributed by atoms with Gasteiger partial charge >= 0.3 is 6.71 Å². The smallest absolute Gasteiger partial charge is 0.212 e. The summed E-state index contributed by atoms with van der Waals surface area (Å²) in [5, 5.41) is 0. The molecule has 2 heteroatoms. The Kier molecular flexibility index (Phi) is 7.02. The minimum absolute atomic E-state index is 0.187. The lowest BCUT2D eigenvalue weighted by Crippen LogP contribution is -2.38. The lowest BCUT2D eigenvalue weighted by molar-refractivity contribution is -0.391. The highest BCUT2D eigenvalue weighted by molar-refractivity contribution is 7.05. The third-order valence-electron chi connectivity index (χ3n) is 7.88. The van der Waals surface area contributed by atoms with Crippen LogP contribution >= 0.6 is 0 Å². The van der Waals surface area contributed by atoms with Gasteiger partial charge < -0.3 is 0 Å². The largest absolute Gasteiger partial charge is 0.319 e. The molecular weight excluding hydrogens is 445 g/mol. The molecule has 0 aliphatic carbocycles. The van der Waals surface area contributed by atoms with E-state index in [0.717, 1.165) is 0 Å². The molecule has 184 valence electrons. The SMILES string of the molecule is CC1=[N+](C)C(c2c(C(C)C)cccc2C(C)C)=CB1c1c(-c2ccccc2)cccc1-c1ccccc1. The Hall–Kier alpha value is -3.65. The van der Waals surface area contributed by atoms with Crippen LogP contribution in [0.2, 0.25) is 0 Å². The third-order valence-corrected chi connectivity index (χ3v) is 7.88. The Morgan fingerprint density at radius 3 is 1.51 bits per heavy atom. The van der Waals surface area contributed by atoms with Gasteiger partial charge in [0.25, 0.3) is 0 Å². The predicted octanol–water partition coefficient (Wildman–Crippen LogP) is 8.21. The third kappa shape index (κ3) is 4.62. The molecule has 1 aliphatic rings. The van der Waals surface area contributed by atoms with Crippen molar-refractivity contribution in [3.05, 3.63) is 120 Å². The van der Waals surface area contributed by atoms with E-state index in [2.05, 4.69) is 149 Å². The summed E-state index contributed by atoms with van der Waals surface area (Å²) in [5.74, 6) is 3.44. The van der Waals surface area contributed by atoms with Crippen LogP contribution in [0.5, 0.6) is 0 Å². The van der Waals surface area contributed by atoms with Crippen molar-refractivity contribution in [2.45, 2.75) is 46.5 Å². The monoisotopic (exact) mass is 482 g/mol. The molecule has 1 aliphatic heterocycles. The Bertz CT molecular complexity index is 1390. The second-order valence-corrected chi connectivity index (χ2v) is 10.8. The lowest BCUT2D eigenvalue weighted by Gasteiger charge is -2.18. The van der Waals surface area contributed by atoms with Crippen LogP contribution in [0.3, 0.4) is 0 Å². The second kappa shape index (κ2) is 10.4. The topological polar surface area (TPSA) is 3.01 Å². The van der Waals surface area contributed by atoms with Crippen molar-refractivity contribution < 1.29 is 4.58 Å². The van der Waals surface area contributed by atoms with Gasteiger partial charge in [0.2, 0.25) is 0 Å². The molecule has 0 aromatic heterocycles. The fourth-order valence-corrected chi connectivity index (χ4v) is 5.82. The van der Waals surface area contributed by atoms with Crippen LogP contribution in [0.1, 0.15) is 63.1 Å². The van der Waals surface area contributed by atoms with Crippen LogP contribution < -0.4 is 5.46 Å². The summed E-state index contributed by atoms with van der Waals surface area (Å²) in [6, 6.07) is 35.3. The minimum atomic E-state index is 0.187. The second-order valence-electron chi connectivity index (χ2n) is 10.8. The first kappa shape index (κ1) is 25.0. The molecule has 0 saturated heterocycles. The molecule has 0 spiro atoms. The summed E-state index contributed by atoms with van der Waals surface area (Å²) in [7, 11) is 2.25. The highest BCUT2D eigenvalue weighted by Gasteiger charge is 2.39. The number of benzene rings is 4. The minimum Gasteiger partial charge on any atom is -0.212 e. The zero-order valence-electron chi connectivity index (χ0n) is 23.0. The van der Waals surface area contributed by atoms with E-state index in [0.29, 0.717) is 11.8 Å². The maximum atomic E-state index is 2.52. The predicted molar refractivity (Wildman–Crippen MR) is 162 cm³/mol. The van der Waals surface area contributed by atoms with Gasteiger partial charge in [0.05, 0.1) is 5.56 Å². The Labute approximate surface area is 223 Å². The molecule has 0 N–H and O–H groups in total. The fraction of sp³-hybridized carbons (Fsp3) is 0.229. The van der Waals surface area contributed by atoms with Crippen LogP contribution in [-0.2, 0) is 0 Å². The van der Waals surface area contributed by atoms with E-state index in [1.165, 1.54) is 55.7 Å². The maximum absolute atomic E-state index is 2.52. The quantitative estimate of drug-likeness (QED) is 0.192. The summed E-state index contributed by atoms with van der Waals surface area (Å²) in [6.07, 6.45) is 0. The van der Waals surface area contributed by atoms with E-state index in [1.807, 2.05) is 0 Å². The lowest BCUT2D eigenvalue weighted by atomic mass is 9.40. The van der Waals surface area contributed by atoms with Gasteiger partial charge in [-0.2, -0.15) is 0 Å². The molecule has 1 heterocycles. The normalized spacial score (nSPS) is 13.6. The van der Waals surface area contributed by atoms with E-state index in [1.54, 1.807) is 0 Å². The molecule has 5 rings (SSSR count). The van der Waals surface area contributed by atoms with Crippen molar-refractivity contribution in [3.63, 3.8) is 0 Å². The first-order valence-corrected chi connectivity index (χ1v) is 13.5.